The summed E-state index contributed by atoms with van der Waals surface area (Å²) in [7, 11) is 0. The van der Waals surface area contributed by atoms with Gasteiger partial charge in [-0.05, 0) is 18.8 Å². The Kier molecular flexibility index (Phi) is 1.59. The normalized spacial score (nSPS) is 46.2. The van der Waals surface area contributed by atoms with Crippen molar-refractivity contribution in [1.29, 1.82) is 0 Å². The first-order chi connectivity index (χ1) is 5.58. The monoisotopic (exact) mass is 168 g/mol. The first kappa shape index (κ1) is 8.24. The maximum absolute atomic E-state index is 11.6. The van der Waals surface area contributed by atoms with Crippen LogP contribution in [0, 0.1) is 11.8 Å². The van der Waals surface area contributed by atoms with Crippen LogP contribution in [0.5, 0.6) is 0 Å². The molecule has 1 saturated heterocycles. The Hall–Kier alpha value is -0.370. The molecule has 0 amide bonds. The van der Waals surface area contributed by atoms with Crippen LogP contribution in [0.3, 0.4) is 0 Å². The van der Waals surface area contributed by atoms with E-state index >= 15 is 0 Å². The van der Waals surface area contributed by atoms with Crippen molar-refractivity contribution in [2.75, 3.05) is 0 Å². The summed E-state index contributed by atoms with van der Waals surface area (Å²) in [5, 5.41) is 0. The predicted octanol–water partition coefficient (Wildman–Crippen LogP) is 1.78. The molecule has 0 aromatic carbocycles. The summed E-state index contributed by atoms with van der Waals surface area (Å²) in [4.78, 5) is 11.6. The number of fused-ring (bicyclic) bond motifs is 1. The Morgan fingerprint density at radius 3 is 2.83 bits per heavy atom. The number of carbonyl (C=O) groups excluding carboxylic acids is 1. The van der Waals surface area contributed by atoms with E-state index in [1.807, 2.05) is 6.92 Å². The number of Topliss-reactive ketones (excluding diaryl/α,β-unsaturated/α-hetero) is 1. The molecule has 2 nitrogen and oxygen atoms in total. The van der Waals surface area contributed by atoms with Crippen LogP contribution in [0.2, 0.25) is 0 Å². The second-order valence-corrected chi connectivity index (χ2v) is 4.45. The molecule has 0 N–H and O–H groups in total. The average Bonchev–Trinajstić information content (AvgIpc) is 2.74. The smallest absolute Gasteiger partial charge is 0.167 e. The van der Waals surface area contributed by atoms with Gasteiger partial charge in [-0.3, -0.25) is 4.79 Å². The van der Waals surface area contributed by atoms with Crippen LogP contribution in [0.4, 0.5) is 0 Å². The highest BCUT2D eigenvalue weighted by Gasteiger charge is 2.64. The van der Waals surface area contributed by atoms with E-state index in [-0.39, 0.29) is 17.6 Å². The Morgan fingerprint density at radius 1 is 1.58 bits per heavy atom. The summed E-state index contributed by atoms with van der Waals surface area (Å²) in [6.45, 7) is 6.29. The number of ketones is 1. The van der Waals surface area contributed by atoms with Crippen molar-refractivity contribution in [3.8, 4) is 0 Å². The molecule has 0 aromatic heterocycles. The molecule has 2 aliphatic rings. The SMILES string of the molecule is CC(C)[C@@]12CC[C@H](C)C(=O)[C@@H]1O2. The fourth-order valence-corrected chi connectivity index (χ4v) is 2.24. The van der Waals surface area contributed by atoms with Gasteiger partial charge in [0.05, 0.1) is 0 Å². The van der Waals surface area contributed by atoms with Gasteiger partial charge < -0.3 is 4.74 Å². The first-order valence-corrected chi connectivity index (χ1v) is 4.79. The Balaban J connectivity index is 2.15. The molecule has 0 bridgehead atoms. The van der Waals surface area contributed by atoms with Crippen LogP contribution in [-0.4, -0.2) is 17.5 Å². The molecule has 68 valence electrons. The highest BCUT2D eigenvalue weighted by Crippen LogP contribution is 2.52. The lowest BCUT2D eigenvalue weighted by Crippen LogP contribution is -2.35. The number of rotatable bonds is 1. The van der Waals surface area contributed by atoms with Crippen LogP contribution in [0.25, 0.3) is 0 Å². The average molecular weight is 168 g/mol. The van der Waals surface area contributed by atoms with Crippen LogP contribution in [-0.2, 0) is 9.53 Å². The quantitative estimate of drug-likeness (QED) is 0.558. The van der Waals surface area contributed by atoms with E-state index in [2.05, 4.69) is 13.8 Å². The zero-order valence-electron chi connectivity index (χ0n) is 7.96. The molecule has 12 heavy (non-hydrogen) atoms. The molecule has 1 saturated carbocycles. The van der Waals surface area contributed by atoms with Gasteiger partial charge in [0, 0.05) is 5.92 Å². The Bertz CT molecular complexity index is 222. The maximum Gasteiger partial charge on any atom is 0.167 e. The van der Waals surface area contributed by atoms with E-state index in [1.165, 1.54) is 0 Å². The van der Waals surface area contributed by atoms with Crippen LogP contribution in [0.1, 0.15) is 33.6 Å². The highest BCUT2D eigenvalue weighted by molar-refractivity contribution is 5.89. The molecule has 1 aliphatic heterocycles. The van der Waals surface area contributed by atoms with Crippen molar-refractivity contribution in [3.05, 3.63) is 0 Å². The van der Waals surface area contributed by atoms with Gasteiger partial charge in [0.2, 0.25) is 0 Å². The Morgan fingerprint density at radius 2 is 2.25 bits per heavy atom. The zero-order valence-corrected chi connectivity index (χ0v) is 7.96. The number of ether oxygens (including phenoxy) is 1. The molecular weight excluding hydrogens is 152 g/mol. The minimum atomic E-state index is -0.0544. The fraction of sp³-hybridized carbons (Fsp3) is 0.900. The number of carbonyl (C=O) groups is 1. The standard InChI is InChI=1S/C10H16O2/c1-6(2)10-5-4-7(3)8(11)9(10)12-10/h6-7,9H,4-5H2,1-3H3/t7-,9-,10-/m0/s1. The highest BCUT2D eigenvalue weighted by atomic mass is 16.6. The van der Waals surface area contributed by atoms with Gasteiger partial charge in [0.1, 0.15) is 11.7 Å². The fourth-order valence-electron chi connectivity index (χ4n) is 2.24. The number of epoxide rings is 1. The van der Waals surface area contributed by atoms with Gasteiger partial charge in [0.15, 0.2) is 5.78 Å². The van der Waals surface area contributed by atoms with Crippen molar-refractivity contribution < 1.29 is 9.53 Å². The van der Waals surface area contributed by atoms with E-state index in [4.69, 9.17) is 4.74 Å². The predicted molar refractivity (Wildman–Crippen MR) is 45.8 cm³/mol. The molecular formula is C10H16O2. The summed E-state index contributed by atoms with van der Waals surface area (Å²) >= 11 is 0. The molecule has 0 spiro atoms. The van der Waals surface area contributed by atoms with E-state index in [0.29, 0.717) is 11.7 Å². The largest absolute Gasteiger partial charge is 0.357 e. The van der Waals surface area contributed by atoms with Crippen LogP contribution >= 0.6 is 0 Å². The van der Waals surface area contributed by atoms with E-state index in [9.17, 15) is 4.79 Å². The van der Waals surface area contributed by atoms with Gasteiger partial charge in [-0.25, -0.2) is 0 Å². The van der Waals surface area contributed by atoms with Crippen molar-refractivity contribution in [1.82, 2.24) is 0 Å². The molecule has 2 fully saturated rings. The van der Waals surface area contributed by atoms with Gasteiger partial charge in [-0.15, -0.1) is 0 Å². The number of hydrogen-bond donors (Lipinski definition) is 0. The minimum Gasteiger partial charge on any atom is -0.357 e. The summed E-state index contributed by atoms with van der Waals surface area (Å²) in [6, 6.07) is 0. The lowest BCUT2D eigenvalue weighted by atomic mass is 9.77. The second-order valence-electron chi connectivity index (χ2n) is 4.45. The number of hydrogen-bond acceptors (Lipinski definition) is 2. The second kappa shape index (κ2) is 2.32. The summed E-state index contributed by atoms with van der Waals surface area (Å²) in [5.41, 5.74) is -0.0520. The molecule has 1 aliphatic carbocycles. The van der Waals surface area contributed by atoms with E-state index in [0.717, 1.165) is 12.8 Å². The third kappa shape index (κ3) is 0.875. The van der Waals surface area contributed by atoms with E-state index in [1.54, 1.807) is 0 Å². The van der Waals surface area contributed by atoms with Gasteiger partial charge >= 0.3 is 0 Å². The molecule has 3 atom stereocenters. The maximum atomic E-state index is 11.6. The minimum absolute atomic E-state index is 0.0520. The third-order valence-corrected chi connectivity index (χ3v) is 3.41. The van der Waals surface area contributed by atoms with Crippen molar-refractivity contribution in [2.24, 2.45) is 11.8 Å². The van der Waals surface area contributed by atoms with Gasteiger partial charge in [-0.2, -0.15) is 0 Å². The summed E-state index contributed by atoms with van der Waals surface area (Å²) < 4.78 is 5.56. The van der Waals surface area contributed by atoms with Crippen molar-refractivity contribution >= 4 is 5.78 Å². The third-order valence-electron chi connectivity index (χ3n) is 3.41. The van der Waals surface area contributed by atoms with Crippen LogP contribution < -0.4 is 0 Å². The lowest BCUT2D eigenvalue weighted by molar-refractivity contribution is -0.124. The van der Waals surface area contributed by atoms with Crippen molar-refractivity contribution in [2.45, 2.75) is 45.3 Å². The molecule has 0 unspecified atom stereocenters. The Labute approximate surface area is 73.3 Å². The molecule has 0 radical (unpaired) electrons. The lowest BCUT2D eigenvalue weighted by Gasteiger charge is -2.23. The topological polar surface area (TPSA) is 29.6 Å². The summed E-state index contributed by atoms with van der Waals surface area (Å²) in [5.74, 6) is 1.04. The first-order valence-electron chi connectivity index (χ1n) is 4.79. The summed E-state index contributed by atoms with van der Waals surface area (Å²) in [6.07, 6.45) is 2.02. The van der Waals surface area contributed by atoms with Gasteiger partial charge in [-0.1, -0.05) is 20.8 Å². The van der Waals surface area contributed by atoms with E-state index < -0.39 is 0 Å². The molecule has 2 heteroatoms. The molecule has 1 heterocycles. The van der Waals surface area contributed by atoms with Crippen molar-refractivity contribution in [3.63, 3.8) is 0 Å². The zero-order chi connectivity index (χ0) is 8.93. The molecule has 2 rings (SSSR count). The van der Waals surface area contributed by atoms with Crippen LogP contribution in [0.15, 0.2) is 0 Å². The molecule has 0 aromatic rings. The van der Waals surface area contributed by atoms with Gasteiger partial charge in [0.25, 0.3) is 0 Å².